The minimum Gasteiger partial charge on any atom is -0.385 e. The van der Waals surface area contributed by atoms with Crippen molar-refractivity contribution in [2.45, 2.75) is 32.7 Å². The predicted molar refractivity (Wildman–Crippen MR) is 128 cm³/mol. The summed E-state index contributed by atoms with van der Waals surface area (Å²) < 4.78 is 20.5. The highest BCUT2D eigenvalue weighted by atomic mass is 32.1. The molecule has 0 saturated carbocycles. The molecule has 3 rings (SSSR count). The smallest absolute Gasteiger partial charge is 0.269 e. The maximum Gasteiger partial charge on any atom is 0.269 e. The van der Waals surface area contributed by atoms with E-state index in [0.717, 1.165) is 29.7 Å². The van der Waals surface area contributed by atoms with Gasteiger partial charge in [-0.3, -0.25) is 14.2 Å². The molecule has 0 saturated heterocycles. The number of Topliss-reactive ketones (excluding diaryl/α,β-unsaturated/α-hetero) is 1. The summed E-state index contributed by atoms with van der Waals surface area (Å²) >= 11 is 1.09. The summed E-state index contributed by atoms with van der Waals surface area (Å²) in [6, 6.07) is 15.0. The van der Waals surface area contributed by atoms with E-state index in [9.17, 15) is 19.2 Å². The van der Waals surface area contributed by atoms with Crippen molar-refractivity contribution in [2.24, 2.45) is 0 Å². The number of hydrogen-bond acceptors (Lipinski definition) is 5. The Balaban J connectivity index is 2.16. The summed E-state index contributed by atoms with van der Waals surface area (Å²) in [7, 11) is 1.57. The number of nitrogens with zero attached hydrogens (tertiary/aromatic N) is 2. The monoisotopic (exact) mass is 464 g/mol. The molecule has 2 aromatic carbocycles. The van der Waals surface area contributed by atoms with Crippen LogP contribution in [0.1, 0.15) is 41.3 Å². The molecule has 5 nitrogen and oxygen atoms in total. The minimum atomic E-state index is -0.421. The Morgan fingerprint density at radius 2 is 1.88 bits per heavy atom. The number of nitriles is 1. The van der Waals surface area contributed by atoms with E-state index < -0.39 is 5.78 Å². The molecule has 0 aliphatic heterocycles. The average molecular weight is 465 g/mol. The summed E-state index contributed by atoms with van der Waals surface area (Å²) in [5.41, 5.74) is 1.81. The Hall–Kier alpha value is -3.34. The average Bonchev–Trinajstić information content (AvgIpc) is 3.11. The van der Waals surface area contributed by atoms with Gasteiger partial charge in [0.05, 0.1) is 4.53 Å². The zero-order valence-electron chi connectivity index (χ0n) is 18.6. The molecule has 0 amide bonds. The van der Waals surface area contributed by atoms with Crippen LogP contribution in [0.15, 0.2) is 53.3 Å². The SMILES string of the molecule is CCCc1ccc(C(=O)/C(C#N)=c2\s/c(=C\c3ccc(F)cc3)c(=O)n2CCCOC)cc1. The number of rotatable bonds is 9. The number of carbonyl (C=O) groups is 1. The van der Waals surface area contributed by atoms with Gasteiger partial charge in [-0.1, -0.05) is 49.7 Å². The number of carbonyl (C=O) groups excluding carboxylic acids is 1. The zero-order chi connectivity index (χ0) is 23.8. The third kappa shape index (κ3) is 5.92. The van der Waals surface area contributed by atoms with Crippen LogP contribution in [0.4, 0.5) is 4.39 Å². The van der Waals surface area contributed by atoms with Crippen LogP contribution in [0.25, 0.3) is 11.6 Å². The molecule has 0 N–H and O–H groups in total. The fourth-order valence-corrected chi connectivity index (χ4v) is 4.56. The molecule has 0 unspecified atom stereocenters. The highest BCUT2D eigenvalue weighted by molar-refractivity contribution is 7.07. The van der Waals surface area contributed by atoms with Crippen molar-refractivity contribution < 1.29 is 13.9 Å². The van der Waals surface area contributed by atoms with E-state index in [1.54, 1.807) is 37.5 Å². The molecule has 0 aliphatic carbocycles. The molecule has 0 bridgehead atoms. The molecule has 3 aromatic rings. The number of aryl methyl sites for hydroxylation is 1. The van der Waals surface area contributed by atoms with Crippen LogP contribution in [0.5, 0.6) is 0 Å². The second-order valence-electron chi connectivity index (χ2n) is 7.53. The van der Waals surface area contributed by atoms with Crippen LogP contribution >= 0.6 is 11.3 Å². The van der Waals surface area contributed by atoms with Crippen molar-refractivity contribution in [2.75, 3.05) is 13.7 Å². The lowest BCUT2D eigenvalue weighted by atomic mass is 10.0. The predicted octanol–water partition coefficient (Wildman–Crippen LogP) is 3.42. The van der Waals surface area contributed by atoms with E-state index >= 15 is 0 Å². The van der Waals surface area contributed by atoms with Gasteiger partial charge in [-0.25, -0.2) is 4.39 Å². The number of thiazole rings is 1. The number of hydrogen-bond donors (Lipinski definition) is 0. The number of benzene rings is 2. The molecule has 1 aromatic heterocycles. The Morgan fingerprint density at radius 3 is 2.48 bits per heavy atom. The summed E-state index contributed by atoms with van der Waals surface area (Å²) in [6.07, 6.45) is 4.10. The van der Waals surface area contributed by atoms with E-state index in [4.69, 9.17) is 4.74 Å². The van der Waals surface area contributed by atoms with Gasteiger partial charge >= 0.3 is 0 Å². The number of halogens is 1. The lowest BCUT2D eigenvalue weighted by molar-refractivity contribution is 0.105. The lowest BCUT2D eigenvalue weighted by Crippen LogP contribution is -2.33. The van der Waals surface area contributed by atoms with E-state index in [-0.39, 0.29) is 16.9 Å². The molecule has 0 fully saturated rings. The van der Waals surface area contributed by atoms with Gasteiger partial charge in [0, 0.05) is 25.8 Å². The van der Waals surface area contributed by atoms with E-state index in [1.807, 2.05) is 18.2 Å². The molecule has 33 heavy (non-hydrogen) atoms. The fourth-order valence-electron chi connectivity index (χ4n) is 3.44. The number of methoxy groups -OCH3 is 1. The molecule has 0 aliphatic rings. The largest absolute Gasteiger partial charge is 0.385 e. The minimum absolute atomic E-state index is 0.0727. The number of aromatic nitrogens is 1. The quantitative estimate of drug-likeness (QED) is 0.359. The normalized spacial score (nSPS) is 12.5. The molecule has 170 valence electrons. The Labute approximate surface area is 195 Å². The summed E-state index contributed by atoms with van der Waals surface area (Å²) in [4.78, 5) is 26.3. The Morgan fingerprint density at radius 1 is 1.18 bits per heavy atom. The van der Waals surface area contributed by atoms with Gasteiger partial charge in [-0.15, -0.1) is 11.3 Å². The van der Waals surface area contributed by atoms with Crippen molar-refractivity contribution in [1.29, 1.82) is 5.26 Å². The van der Waals surface area contributed by atoms with E-state index in [0.29, 0.717) is 39.9 Å². The molecular weight excluding hydrogens is 439 g/mol. The molecular formula is C26H25FN2O3S. The Kier molecular flexibility index (Phi) is 8.47. The molecule has 0 spiro atoms. The highest BCUT2D eigenvalue weighted by Crippen LogP contribution is 2.12. The maximum atomic E-state index is 13.2. The summed E-state index contributed by atoms with van der Waals surface area (Å²) in [5.74, 6) is -0.790. The first-order chi connectivity index (χ1) is 16.0. The molecule has 7 heteroatoms. The van der Waals surface area contributed by atoms with Gasteiger partial charge in [-0.05, 0) is 42.2 Å². The van der Waals surface area contributed by atoms with Crippen LogP contribution in [0.3, 0.4) is 0 Å². The van der Waals surface area contributed by atoms with Gasteiger partial charge in [0.15, 0.2) is 0 Å². The van der Waals surface area contributed by atoms with Crippen molar-refractivity contribution in [1.82, 2.24) is 4.57 Å². The fraction of sp³-hybridized carbons (Fsp3) is 0.269. The second kappa shape index (κ2) is 11.5. The van der Waals surface area contributed by atoms with Crippen molar-refractivity contribution in [3.05, 3.63) is 90.6 Å². The van der Waals surface area contributed by atoms with Gasteiger partial charge in [0.25, 0.3) is 5.56 Å². The summed E-state index contributed by atoms with van der Waals surface area (Å²) in [5, 5.41) is 9.87. The van der Waals surface area contributed by atoms with Gasteiger partial charge < -0.3 is 4.74 Å². The van der Waals surface area contributed by atoms with Gasteiger partial charge in [0.2, 0.25) is 5.78 Å². The first-order valence-corrected chi connectivity index (χ1v) is 11.5. The molecule has 0 atom stereocenters. The zero-order valence-corrected chi connectivity index (χ0v) is 19.5. The second-order valence-corrected chi connectivity index (χ2v) is 8.56. The van der Waals surface area contributed by atoms with Gasteiger partial charge in [0.1, 0.15) is 22.1 Å². The van der Waals surface area contributed by atoms with Gasteiger partial charge in [-0.2, -0.15) is 5.26 Å². The van der Waals surface area contributed by atoms with Crippen LogP contribution < -0.4 is 14.8 Å². The highest BCUT2D eigenvalue weighted by Gasteiger charge is 2.17. The first kappa shape index (κ1) is 24.3. The maximum absolute atomic E-state index is 13.2. The topological polar surface area (TPSA) is 72.1 Å². The van der Waals surface area contributed by atoms with Crippen LogP contribution in [0.2, 0.25) is 0 Å². The van der Waals surface area contributed by atoms with Crippen LogP contribution in [0, 0.1) is 17.1 Å². The van der Waals surface area contributed by atoms with Crippen molar-refractivity contribution in [3.63, 3.8) is 0 Å². The molecule has 1 heterocycles. The summed E-state index contributed by atoms with van der Waals surface area (Å²) in [6.45, 7) is 2.83. The number of ether oxygens (including phenoxy) is 1. The van der Waals surface area contributed by atoms with Crippen molar-refractivity contribution in [3.8, 4) is 6.07 Å². The van der Waals surface area contributed by atoms with E-state index in [2.05, 4.69) is 6.92 Å². The third-order valence-electron chi connectivity index (χ3n) is 5.11. The number of ketones is 1. The lowest BCUT2D eigenvalue weighted by Gasteiger charge is -2.04. The third-order valence-corrected chi connectivity index (χ3v) is 6.24. The van der Waals surface area contributed by atoms with Crippen molar-refractivity contribution >= 4 is 28.8 Å². The first-order valence-electron chi connectivity index (χ1n) is 10.7. The van der Waals surface area contributed by atoms with E-state index in [1.165, 1.54) is 16.7 Å². The Bertz CT molecular complexity index is 1330. The van der Waals surface area contributed by atoms with Crippen LogP contribution in [-0.4, -0.2) is 24.1 Å². The standard InChI is InChI=1S/C26H25FN2O3S/c1-3-5-18-6-10-20(11-7-18)24(30)22(17-28)26-29(14-4-15-32-2)25(31)23(33-26)16-19-8-12-21(27)13-9-19/h6-13,16H,3-5,14-15H2,1-2H3/b23-16-,26-22-. The van der Waals surface area contributed by atoms with Crippen LogP contribution in [-0.2, 0) is 17.7 Å². The molecule has 0 radical (unpaired) electrons.